The third-order valence-corrected chi connectivity index (χ3v) is 4.16. The van der Waals surface area contributed by atoms with Crippen LogP contribution in [0.2, 0.25) is 0 Å². The molecule has 2 rings (SSSR count). The van der Waals surface area contributed by atoms with Gasteiger partial charge in [-0.1, -0.05) is 80.4 Å². The summed E-state index contributed by atoms with van der Waals surface area (Å²) in [5.74, 6) is 0. The van der Waals surface area contributed by atoms with E-state index in [9.17, 15) is 0 Å². The van der Waals surface area contributed by atoms with E-state index in [2.05, 4.69) is 31.9 Å². The quantitative estimate of drug-likeness (QED) is 0.422. The highest BCUT2D eigenvalue weighted by molar-refractivity contribution is 9.08. The number of hydrogen-bond donors (Lipinski definition) is 4. The van der Waals surface area contributed by atoms with Crippen LogP contribution in [0.3, 0.4) is 0 Å². The molecule has 0 saturated heterocycles. The van der Waals surface area contributed by atoms with Crippen LogP contribution in [0.1, 0.15) is 11.1 Å². The molecule has 0 aliphatic carbocycles. The Labute approximate surface area is 147 Å². The third kappa shape index (κ3) is 6.64. The maximum atomic E-state index is 8.73. The molecule has 0 unspecified atom stereocenters. The summed E-state index contributed by atoms with van der Waals surface area (Å²) >= 11 is 6.59. The molecular weight excluding hydrogens is 414 g/mol. The van der Waals surface area contributed by atoms with Crippen molar-refractivity contribution in [2.24, 2.45) is 0 Å². The molecule has 4 nitrogen and oxygen atoms in total. The third-order valence-electron chi connectivity index (χ3n) is 2.86. The highest BCUT2D eigenvalue weighted by Crippen LogP contribution is 2.03. The molecule has 0 aliphatic heterocycles. The fourth-order valence-electron chi connectivity index (χ4n) is 1.56. The summed E-state index contributed by atoms with van der Waals surface area (Å²) < 4.78 is 0. The van der Waals surface area contributed by atoms with Crippen molar-refractivity contribution in [2.75, 3.05) is 0 Å². The minimum absolute atomic E-state index is 0.523. The van der Waals surface area contributed by atoms with Crippen LogP contribution >= 0.6 is 31.9 Å². The Balaban J connectivity index is 0.000000220. The summed E-state index contributed by atoms with van der Waals surface area (Å²) in [6.45, 7) is 0. The maximum Gasteiger partial charge on any atom is 0.488 e. The van der Waals surface area contributed by atoms with E-state index in [4.69, 9.17) is 20.1 Å². The van der Waals surface area contributed by atoms with Gasteiger partial charge in [-0.15, -0.1) is 0 Å². The fourth-order valence-corrected chi connectivity index (χ4v) is 2.31. The van der Waals surface area contributed by atoms with Gasteiger partial charge in [0.05, 0.1) is 0 Å². The van der Waals surface area contributed by atoms with Crippen LogP contribution in [0, 0.1) is 0 Å². The van der Waals surface area contributed by atoms with Crippen molar-refractivity contribution in [1.29, 1.82) is 0 Å². The van der Waals surface area contributed by atoms with Gasteiger partial charge in [0.15, 0.2) is 0 Å². The molecular formula is C14H16B2Br2O4. The monoisotopic (exact) mass is 428 g/mol. The standard InChI is InChI=1S/2C7H8BBrO2/c2*9-5-6-1-3-7(4-2-6)8(10)11/h2*1-4,10-11H,5H2. The Kier molecular flexibility index (Phi) is 9.00. The van der Waals surface area contributed by atoms with E-state index in [0.717, 1.165) is 21.8 Å². The summed E-state index contributed by atoms with van der Waals surface area (Å²) in [5.41, 5.74) is 3.29. The molecule has 8 heteroatoms. The number of rotatable bonds is 4. The molecule has 2 aromatic carbocycles. The van der Waals surface area contributed by atoms with Crippen LogP contribution in [0.4, 0.5) is 0 Å². The Hall–Kier alpha value is -0.630. The zero-order chi connectivity index (χ0) is 16.5. The number of hydrogen-bond acceptors (Lipinski definition) is 4. The van der Waals surface area contributed by atoms with E-state index in [1.165, 1.54) is 0 Å². The molecule has 0 fully saturated rings. The summed E-state index contributed by atoms with van der Waals surface area (Å²) in [4.78, 5) is 0. The van der Waals surface area contributed by atoms with Gasteiger partial charge in [0.2, 0.25) is 0 Å². The van der Waals surface area contributed by atoms with Gasteiger partial charge >= 0.3 is 14.2 Å². The summed E-state index contributed by atoms with van der Waals surface area (Å²) in [6, 6.07) is 14.2. The average Bonchev–Trinajstić information content (AvgIpc) is 2.55. The Morgan fingerprint density at radius 3 is 1.05 bits per heavy atom. The Morgan fingerprint density at radius 2 is 0.864 bits per heavy atom. The van der Waals surface area contributed by atoms with Gasteiger partial charge in [0, 0.05) is 10.7 Å². The van der Waals surface area contributed by atoms with Crippen LogP contribution < -0.4 is 10.9 Å². The largest absolute Gasteiger partial charge is 0.488 e. The second-order valence-corrected chi connectivity index (χ2v) is 5.62. The van der Waals surface area contributed by atoms with E-state index in [0.29, 0.717) is 10.9 Å². The summed E-state index contributed by atoms with van der Waals surface area (Å²) in [7, 11) is -2.72. The van der Waals surface area contributed by atoms with Crippen molar-refractivity contribution in [3.05, 3.63) is 59.7 Å². The lowest BCUT2D eigenvalue weighted by molar-refractivity contribution is 0.424. The lowest BCUT2D eigenvalue weighted by atomic mass is 9.80. The second kappa shape index (κ2) is 10.2. The first kappa shape index (κ1) is 19.4. The van der Waals surface area contributed by atoms with Crippen LogP contribution in [0.5, 0.6) is 0 Å². The number of halogens is 2. The Morgan fingerprint density at radius 1 is 0.591 bits per heavy atom. The first-order valence-electron chi connectivity index (χ1n) is 6.49. The summed E-state index contributed by atoms with van der Waals surface area (Å²) in [5, 5.41) is 36.5. The topological polar surface area (TPSA) is 80.9 Å². The molecule has 0 amide bonds. The Bertz CT molecular complexity index is 496. The minimum atomic E-state index is -1.36. The van der Waals surface area contributed by atoms with Crippen LogP contribution in [0.25, 0.3) is 0 Å². The lowest BCUT2D eigenvalue weighted by Gasteiger charge is -1.99. The molecule has 22 heavy (non-hydrogen) atoms. The molecule has 0 spiro atoms. The minimum Gasteiger partial charge on any atom is -0.423 e. The van der Waals surface area contributed by atoms with Gasteiger partial charge in [-0.25, -0.2) is 0 Å². The smallest absolute Gasteiger partial charge is 0.423 e. The van der Waals surface area contributed by atoms with Gasteiger partial charge in [0.25, 0.3) is 0 Å². The van der Waals surface area contributed by atoms with E-state index in [1.54, 1.807) is 24.3 Å². The van der Waals surface area contributed by atoms with E-state index >= 15 is 0 Å². The molecule has 0 heterocycles. The van der Waals surface area contributed by atoms with Crippen LogP contribution in [0.15, 0.2) is 48.5 Å². The second-order valence-electron chi connectivity index (χ2n) is 4.50. The average molecular weight is 430 g/mol. The van der Waals surface area contributed by atoms with Gasteiger partial charge in [-0.3, -0.25) is 0 Å². The van der Waals surface area contributed by atoms with Crippen LogP contribution in [-0.2, 0) is 10.7 Å². The van der Waals surface area contributed by atoms with Crippen molar-refractivity contribution in [2.45, 2.75) is 10.7 Å². The van der Waals surface area contributed by atoms with Crippen molar-refractivity contribution in [3.63, 3.8) is 0 Å². The zero-order valence-corrected chi connectivity index (χ0v) is 14.9. The van der Waals surface area contributed by atoms with Crippen molar-refractivity contribution in [3.8, 4) is 0 Å². The molecule has 2 aromatic rings. The first-order chi connectivity index (χ1) is 10.5. The molecule has 0 atom stereocenters. The van der Waals surface area contributed by atoms with E-state index < -0.39 is 14.2 Å². The fraction of sp³-hybridized carbons (Fsp3) is 0.143. The van der Waals surface area contributed by atoms with Crippen molar-refractivity contribution in [1.82, 2.24) is 0 Å². The maximum absolute atomic E-state index is 8.73. The molecule has 0 aromatic heterocycles. The molecule has 0 bridgehead atoms. The molecule has 0 saturated carbocycles. The van der Waals surface area contributed by atoms with Gasteiger partial charge in [0.1, 0.15) is 0 Å². The first-order valence-corrected chi connectivity index (χ1v) is 8.74. The highest BCUT2D eigenvalue weighted by atomic mass is 79.9. The van der Waals surface area contributed by atoms with E-state index in [-0.39, 0.29) is 0 Å². The highest BCUT2D eigenvalue weighted by Gasteiger charge is 2.09. The van der Waals surface area contributed by atoms with Crippen LogP contribution in [-0.4, -0.2) is 34.3 Å². The zero-order valence-electron chi connectivity index (χ0n) is 11.7. The van der Waals surface area contributed by atoms with Crippen molar-refractivity contribution >= 4 is 57.0 Å². The van der Waals surface area contributed by atoms with Crippen molar-refractivity contribution < 1.29 is 20.1 Å². The molecule has 4 N–H and O–H groups in total. The van der Waals surface area contributed by atoms with Gasteiger partial charge in [-0.2, -0.15) is 0 Å². The predicted octanol–water partition coefficient (Wildman–Crippen LogP) is 0.523. The number of alkyl halides is 2. The van der Waals surface area contributed by atoms with Gasteiger partial charge < -0.3 is 20.1 Å². The lowest BCUT2D eigenvalue weighted by Crippen LogP contribution is -2.29. The normalized spacial score (nSPS) is 9.73. The SMILES string of the molecule is OB(O)c1ccc(CBr)cc1.OB(O)c1ccc(CBr)cc1. The summed E-state index contributed by atoms with van der Waals surface area (Å²) in [6.07, 6.45) is 0. The van der Waals surface area contributed by atoms with Gasteiger partial charge in [-0.05, 0) is 22.1 Å². The number of benzene rings is 2. The molecule has 0 radical (unpaired) electrons. The molecule has 0 aliphatic rings. The van der Waals surface area contributed by atoms with E-state index in [1.807, 2.05) is 24.3 Å². The molecule has 116 valence electrons. The predicted molar refractivity (Wildman–Crippen MR) is 97.8 cm³/mol.